The summed E-state index contributed by atoms with van der Waals surface area (Å²) in [7, 11) is -2.19. The predicted octanol–water partition coefficient (Wildman–Crippen LogP) is -1.36. The van der Waals surface area contributed by atoms with Crippen LogP contribution in [0.5, 0.6) is 0 Å². The normalized spacial score (nSPS) is 12.9. The molecule has 0 fully saturated rings. The summed E-state index contributed by atoms with van der Waals surface area (Å²) in [6.45, 7) is 1.40. The lowest BCUT2D eigenvalue weighted by Crippen LogP contribution is -2.42. The van der Waals surface area contributed by atoms with Crippen LogP contribution < -0.4 is 10.5 Å². The number of primary sulfonamides is 1. The van der Waals surface area contributed by atoms with Gasteiger partial charge in [0.05, 0.1) is 11.7 Å². The molecule has 0 aromatic rings. The second-order valence-corrected chi connectivity index (χ2v) is 5.45. The maximum absolute atomic E-state index is 11.4. The van der Waals surface area contributed by atoms with Gasteiger partial charge in [-0.25, -0.2) is 18.4 Å². The Balaban J connectivity index is 4.03. The maximum Gasteiger partial charge on any atom is 0.317 e. The van der Waals surface area contributed by atoms with Crippen LogP contribution in [-0.2, 0) is 14.8 Å². The average molecular weight is 267 g/mol. The van der Waals surface area contributed by atoms with E-state index in [4.69, 9.17) is 10.2 Å². The number of carboxylic acids is 1. The average Bonchev–Trinajstić information content (AvgIpc) is 2.15. The van der Waals surface area contributed by atoms with Crippen LogP contribution in [0, 0.1) is 5.92 Å². The number of urea groups is 1. The number of nitrogens with one attached hydrogen (secondary N) is 1. The zero-order chi connectivity index (χ0) is 13.6. The quantitative estimate of drug-likeness (QED) is 0.547. The summed E-state index contributed by atoms with van der Waals surface area (Å²) in [5.74, 6) is -2.06. The van der Waals surface area contributed by atoms with Crippen LogP contribution in [0.15, 0.2) is 0 Å². The highest BCUT2D eigenvalue weighted by atomic mass is 32.2. The minimum absolute atomic E-state index is 0.0382. The number of nitrogens with two attached hydrogens (primary N) is 1. The second kappa shape index (κ2) is 6.40. The van der Waals surface area contributed by atoms with Crippen molar-refractivity contribution in [3.63, 3.8) is 0 Å². The summed E-state index contributed by atoms with van der Waals surface area (Å²) >= 11 is 0. The van der Waals surface area contributed by atoms with Gasteiger partial charge in [0.15, 0.2) is 0 Å². The third-order valence-electron chi connectivity index (χ3n) is 1.98. The van der Waals surface area contributed by atoms with E-state index < -0.39 is 27.9 Å². The van der Waals surface area contributed by atoms with Crippen LogP contribution in [0.3, 0.4) is 0 Å². The Morgan fingerprint density at radius 2 is 2.00 bits per heavy atom. The second-order valence-electron chi connectivity index (χ2n) is 3.72. The van der Waals surface area contributed by atoms with Gasteiger partial charge in [0.1, 0.15) is 0 Å². The van der Waals surface area contributed by atoms with Crippen LogP contribution in [0.2, 0.25) is 0 Å². The van der Waals surface area contributed by atoms with Gasteiger partial charge in [0.2, 0.25) is 10.0 Å². The molecule has 0 rings (SSSR count). The number of nitrogens with zero attached hydrogens (tertiary/aromatic N) is 1. The van der Waals surface area contributed by atoms with Gasteiger partial charge in [-0.2, -0.15) is 0 Å². The molecule has 17 heavy (non-hydrogen) atoms. The van der Waals surface area contributed by atoms with Gasteiger partial charge >= 0.3 is 12.0 Å². The standard InChI is InChI=1S/C8H17N3O5S/c1-6(7(12)13)5-11(2)8(14)10-3-4-17(9,15)16/h6H,3-5H2,1-2H3,(H,10,14)(H,12,13)(H2,9,15,16). The number of carbonyl (C=O) groups excluding carboxylic acids is 1. The number of rotatable bonds is 6. The predicted molar refractivity (Wildman–Crippen MR) is 60.8 cm³/mol. The van der Waals surface area contributed by atoms with Crippen LogP contribution in [0.25, 0.3) is 0 Å². The Labute approximate surface area is 99.8 Å². The molecule has 8 nitrogen and oxygen atoms in total. The van der Waals surface area contributed by atoms with E-state index in [9.17, 15) is 18.0 Å². The van der Waals surface area contributed by atoms with Crippen molar-refractivity contribution in [2.24, 2.45) is 11.1 Å². The highest BCUT2D eigenvalue weighted by Gasteiger charge is 2.17. The molecule has 0 aliphatic heterocycles. The number of carboxylic acid groups (broad SMARTS) is 1. The summed E-state index contributed by atoms with van der Waals surface area (Å²) in [6.07, 6.45) is 0. The van der Waals surface area contributed by atoms with Gasteiger partial charge in [-0.1, -0.05) is 6.92 Å². The first kappa shape index (κ1) is 15.7. The minimum Gasteiger partial charge on any atom is -0.481 e. The zero-order valence-corrected chi connectivity index (χ0v) is 10.5. The van der Waals surface area contributed by atoms with E-state index in [1.807, 2.05) is 0 Å². The lowest BCUT2D eigenvalue weighted by Gasteiger charge is -2.19. The topological polar surface area (TPSA) is 130 Å². The number of sulfonamides is 1. The van der Waals surface area contributed by atoms with Gasteiger partial charge in [-0.15, -0.1) is 0 Å². The monoisotopic (exact) mass is 267 g/mol. The van der Waals surface area contributed by atoms with E-state index in [-0.39, 0.29) is 18.8 Å². The van der Waals surface area contributed by atoms with Crippen molar-refractivity contribution in [1.29, 1.82) is 0 Å². The first-order valence-corrected chi connectivity index (χ1v) is 6.57. The van der Waals surface area contributed by atoms with Crippen molar-refractivity contribution in [2.75, 3.05) is 25.9 Å². The molecule has 0 bridgehead atoms. The Bertz CT molecular complexity index is 381. The smallest absolute Gasteiger partial charge is 0.317 e. The molecule has 2 amide bonds. The molecular weight excluding hydrogens is 250 g/mol. The van der Waals surface area contributed by atoms with Crippen LogP contribution in [0.1, 0.15) is 6.92 Å². The molecule has 0 aliphatic carbocycles. The summed E-state index contributed by atoms with van der Waals surface area (Å²) in [6, 6.07) is -0.540. The Morgan fingerprint density at radius 1 is 1.47 bits per heavy atom. The molecule has 0 aromatic heterocycles. The van der Waals surface area contributed by atoms with E-state index in [1.165, 1.54) is 18.9 Å². The van der Waals surface area contributed by atoms with E-state index >= 15 is 0 Å². The fraction of sp³-hybridized carbons (Fsp3) is 0.750. The van der Waals surface area contributed by atoms with Crippen molar-refractivity contribution in [2.45, 2.75) is 6.92 Å². The molecule has 0 saturated carbocycles. The van der Waals surface area contributed by atoms with Gasteiger partial charge in [-0.3, -0.25) is 4.79 Å². The van der Waals surface area contributed by atoms with Crippen molar-refractivity contribution >= 4 is 22.0 Å². The number of carbonyl (C=O) groups is 2. The molecular formula is C8H17N3O5S. The van der Waals surface area contributed by atoms with Crippen molar-refractivity contribution in [3.05, 3.63) is 0 Å². The number of amides is 2. The van der Waals surface area contributed by atoms with Crippen LogP contribution in [-0.4, -0.2) is 56.3 Å². The number of hydrogen-bond donors (Lipinski definition) is 3. The summed E-state index contributed by atoms with van der Waals surface area (Å²) in [5.41, 5.74) is 0. The van der Waals surface area contributed by atoms with E-state index in [0.717, 1.165) is 0 Å². The highest BCUT2D eigenvalue weighted by Crippen LogP contribution is 1.98. The first-order chi connectivity index (χ1) is 7.63. The molecule has 1 unspecified atom stereocenters. The molecule has 0 aromatic carbocycles. The molecule has 0 saturated heterocycles. The molecule has 4 N–H and O–H groups in total. The molecule has 1 atom stereocenters. The third-order valence-corrected chi connectivity index (χ3v) is 2.75. The molecule has 0 radical (unpaired) electrons. The van der Waals surface area contributed by atoms with Crippen molar-refractivity contribution < 1.29 is 23.1 Å². The Kier molecular flexibility index (Phi) is 5.89. The summed E-state index contributed by atoms with van der Waals surface area (Å²) in [4.78, 5) is 23.1. The zero-order valence-electron chi connectivity index (χ0n) is 9.71. The van der Waals surface area contributed by atoms with Crippen LogP contribution >= 0.6 is 0 Å². The maximum atomic E-state index is 11.4. The van der Waals surface area contributed by atoms with E-state index in [1.54, 1.807) is 0 Å². The molecule has 0 spiro atoms. The fourth-order valence-electron chi connectivity index (χ4n) is 1.01. The Morgan fingerprint density at radius 3 is 2.41 bits per heavy atom. The molecule has 0 heterocycles. The van der Waals surface area contributed by atoms with Gasteiger partial charge in [-0.05, 0) is 0 Å². The largest absolute Gasteiger partial charge is 0.481 e. The Hall–Kier alpha value is -1.35. The molecule has 100 valence electrons. The lowest BCUT2D eigenvalue weighted by molar-refractivity contribution is -0.141. The van der Waals surface area contributed by atoms with Crippen molar-refractivity contribution in [3.8, 4) is 0 Å². The molecule has 9 heteroatoms. The summed E-state index contributed by atoms with van der Waals surface area (Å²) < 4.78 is 21.2. The summed E-state index contributed by atoms with van der Waals surface area (Å²) in [5, 5.41) is 15.7. The lowest BCUT2D eigenvalue weighted by atomic mass is 10.2. The first-order valence-electron chi connectivity index (χ1n) is 4.85. The highest BCUT2D eigenvalue weighted by molar-refractivity contribution is 7.89. The SMILES string of the molecule is CC(CN(C)C(=O)NCCS(N)(=O)=O)C(=O)O. The fourth-order valence-corrected chi connectivity index (χ4v) is 1.39. The number of hydrogen-bond acceptors (Lipinski definition) is 4. The van der Waals surface area contributed by atoms with Crippen LogP contribution in [0.4, 0.5) is 4.79 Å². The van der Waals surface area contributed by atoms with E-state index in [2.05, 4.69) is 5.32 Å². The number of aliphatic carboxylic acids is 1. The minimum atomic E-state index is -3.61. The van der Waals surface area contributed by atoms with Crippen molar-refractivity contribution in [1.82, 2.24) is 10.2 Å². The third kappa shape index (κ3) is 7.53. The van der Waals surface area contributed by atoms with Gasteiger partial charge < -0.3 is 15.3 Å². The van der Waals surface area contributed by atoms with Gasteiger partial charge in [0, 0.05) is 20.1 Å². The molecule has 0 aliphatic rings. The van der Waals surface area contributed by atoms with Gasteiger partial charge in [0.25, 0.3) is 0 Å². The van der Waals surface area contributed by atoms with E-state index in [0.29, 0.717) is 0 Å².